The number of halogens is 1. The summed E-state index contributed by atoms with van der Waals surface area (Å²) in [5, 5.41) is 14.5. The van der Waals surface area contributed by atoms with Crippen LogP contribution in [0.5, 0.6) is 0 Å². The lowest BCUT2D eigenvalue weighted by Gasteiger charge is -2.21. The molecule has 0 aliphatic heterocycles. The zero-order valence-corrected chi connectivity index (χ0v) is 11.5. The van der Waals surface area contributed by atoms with Crippen molar-refractivity contribution in [3.63, 3.8) is 0 Å². The molecule has 1 heterocycles. The lowest BCUT2D eigenvalue weighted by Crippen LogP contribution is -2.31. The van der Waals surface area contributed by atoms with Gasteiger partial charge in [-0.15, -0.1) is 0 Å². The number of fused-ring (bicyclic) bond motifs is 1. The summed E-state index contributed by atoms with van der Waals surface area (Å²) in [6.07, 6.45) is 2.00. The van der Waals surface area contributed by atoms with E-state index in [4.69, 9.17) is 11.6 Å². The molecule has 0 bridgehead atoms. The molecular formula is C14H19ClN2O. The van der Waals surface area contributed by atoms with Crippen molar-refractivity contribution < 1.29 is 5.11 Å². The van der Waals surface area contributed by atoms with Crippen LogP contribution in [0.3, 0.4) is 0 Å². The van der Waals surface area contributed by atoms with Gasteiger partial charge >= 0.3 is 0 Å². The minimum absolute atomic E-state index is 0.0879. The SMILES string of the molecule is CC(C)(CO)CNCc1c[nH]c2cc(Cl)ccc12. The van der Waals surface area contributed by atoms with Gasteiger partial charge in [-0.05, 0) is 17.7 Å². The van der Waals surface area contributed by atoms with Crippen molar-refractivity contribution >= 4 is 22.5 Å². The lowest BCUT2D eigenvalue weighted by atomic mass is 9.95. The van der Waals surface area contributed by atoms with E-state index >= 15 is 0 Å². The maximum atomic E-state index is 9.19. The largest absolute Gasteiger partial charge is 0.396 e. The lowest BCUT2D eigenvalue weighted by molar-refractivity contribution is 0.157. The predicted octanol–water partition coefficient (Wildman–Crippen LogP) is 2.93. The number of rotatable bonds is 5. The average Bonchev–Trinajstić information content (AvgIpc) is 2.71. The Hall–Kier alpha value is -1.03. The summed E-state index contributed by atoms with van der Waals surface area (Å²) in [5.74, 6) is 0. The molecule has 4 heteroatoms. The van der Waals surface area contributed by atoms with Gasteiger partial charge in [-0.25, -0.2) is 0 Å². The smallest absolute Gasteiger partial charge is 0.0494 e. The van der Waals surface area contributed by atoms with Crippen molar-refractivity contribution in [1.29, 1.82) is 0 Å². The molecule has 0 spiro atoms. The number of benzene rings is 1. The monoisotopic (exact) mass is 266 g/mol. The van der Waals surface area contributed by atoms with Crippen molar-refractivity contribution in [1.82, 2.24) is 10.3 Å². The highest BCUT2D eigenvalue weighted by molar-refractivity contribution is 6.31. The average molecular weight is 267 g/mol. The minimum atomic E-state index is -0.0879. The first-order chi connectivity index (χ1) is 8.52. The van der Waals surface area contributed by atoms with Gasteiger partial charge in [0.2, 0.25) is 0 Å². The molecular weight excluding hydrogens is 248 g/mol. The number of aromatic amines is 1. The first-order valence-corrected chi connectivity index (χ1v) is 6.47. The van der Waals surface area contributed by atoms with E-state index in [1.165, 1.54) is 10.9 Å². The van der Waals surface area contributed by atoms with Crippen molar-refractivity contribution in [2.24, 2.45) is 5.41 Å². The van der Waals surface area contributed by atoms with E-state index in [0.717, 1.165) is 23.6 Å². The highest BCUT2D eigenvalue weighted by atomic mass is 35.5. The Balaban J connectivity index is 2.04. The van der Waals surface area contributed by atoms with Crippen molar-refractivity contribution in [2.75, 3.05) is 13.2 Å². The molecule has 0 unspecified atom stereocenters. The molecule has 0 saturated heterocycles. The standard InChI is InChI=1S/C14H19ClN2O/c1-14(2,9-18)8-16-6-10-7-17-13-5-11(15)3-4-12(10)13/h3-5,7,16-18H,6,8-9H2,1-2H3. The molecule has 0 radical (unpaired) electrons. The van der Waals surface area contributed by atoms with E-state index in [1.54, 1.807) is 0 Å². The summed E-state index contributed by atoms with van der Waals surface area (Å²) in [5.41, 5.74) is 2.19. The van der Waals surface area contributed by atoms with Crippen LogP contribution in [0.25, 0.3) is 10.9 Å². The summed E-state index contributed by atoms with van der Waals surface area (Å²) >= 11 is 5.95. The van der Waals surface area contributed by atoms with Crippen LogP contribution in [0.15, 0.2) is 24.4 Å². The highest BCUT2D eigenvalue weighted by Crippen LogP contribution is 2.22. The third kappa shape index (κ3) is 3.05. The number of aliphatic hydroxyl groups excluding tert-OH is 1. The molecule has 0 amide bonds. The Bertz CT molecular complexity index is 534. The van der Waals surface area contributed by atoms with Crippen LogP contribution in [0.4, 0.5) is 0 Å². The van der Waals surface area contributed by atoms with Gasteiger partial charge in [-0.2, -0.15) is 0 Å². The third-order valence-corrected chi connectivity index (χ3v) is 3.31. The molecule has 1 aromatic carbocycles. The maximum Gasteiger partial charge on any atom is 0.0494 e. The summed E-state index contributed by atoms with van der Waals surface area (Å²) in [6.45, 7) is 5.82. The first-order valence-electron chi connectivity index (χ1n) is 6.09. The van der Waals surface area contributed by atoms with Gasteiger partial charge < -0.3 is 15.4 Å². The third-order valence-electron chi connectivity index (χ3n) is 3.08. The zero-order valence-electron chi connectivity index (χ0n) is 10.8. The topological polar surface area (TPSA) is 48.0 Å². The van der Waals surface area contributed by atoms with Gasteiger partial charge in [-0.1, -0.05) is 31.5 Å². The second kappa shape index (κ2) is 5.31. The van der Waals surface area contributed by atoms with Gasteiger partial charge in [0.15, 0.2) is 0 Å². The second-order valence-corrected chi connectivity index (χ2v) is 5.87. The predicted molar refractivity (Wildman–Crippen MR) is 75.9 cm³/mol. The summed E-state index contributed by atoms with van der Waals surface area (Å²) in [7, 11) is 0. The molecule has 1 aromatic heterocycles. The molecule has 2 aromatic rings. The fourth-order valence-electron chi connectivity index (χ4n) is 1.90. The number of H-pyrrole nitrogens is 1. The Morgan fingerprint density at radius 2 is 2.17 bits per heavy atom. The van der Waals surface area contributed by atoms with Gasteiger partial charge in [0.1, 0.15) is 0 Å². The number of hydrogen-bond acceptors (Lipinski definition) is 2. The maximum absolute atomic E-state index is 9.19. The second-order valence-electron chi connectivity index (χ2n) is 5.43. The summed E-state index contributed by atoms with van der Waals surface area (Å²) in [4.78, 5) is 3.22. The van der Waals surface area contributed by atoms with E-state index in [1.807, 2.05) is 38.2 Å². The quantitative estimate of drug-likeness (QED) is 0.779. The number of aromatic nitrogens is 1. The van der Waals surface area contributed by atoms with Gasteiger partial charge in [0.25, 0.3) is 0 Å². The molecule has 0 atom stereocenters. The highest BCUT2D eigenvalue weighted by Gasteiger charge is 2.15. The molecule has 98 valence electrons. The van der Waals surface area contributed by atoms with Gasteiger partial charge in [0.05, 0.1) is 0 Å². The number of aliphatic hydroxyl groups is 1. The minimum Gasteiger partial charge on any atom is -0.396 e. The fraction of sp³-hybridized carbons (Fsp3) is 0.429. The molecule has 18 heavy (non-hydrogen) atoms. The van der Waals surface area contributed by atoms with E-state index < -0.39 is 0 Å². The van der Waals surface area contributed by atoms with Crippen LogP contribution in [0, 0.1) is 5.41 Å². The van der Waals surface area contributed by atoms with Crippen LogP contribution in [-0.4, -0.2) is 23.2 Å². The van der Waals surface area contributed by atoms with Crippen LogP contribution in [-0.2, 0) is 6.54 Å². The Kier molecular flexibility index (Phi) is 3.95. The van der Waals surface area contributed by atoms with E-state index in [2.05, 4.69) is 10.3 Å². The van der Waals surface area contributed by atoms with Gasteiger partial charge in [-0.3, -0.25) is 0 Å². The molecule has 0 aliphatic rings. The molecule has 0 fully saturated rings. The Labute approximate surface area is 112 Å². The van der Waals surface area contributed by atoms with Crippen LogP contribution >= 0.6 is 11.6 Å². The van der Waals surface area contributed by atoms with Gasteiger partial charge in [0, 0.05) is 47.2 Å². The molecule has 3 nitrogen and oxygen atoms in total. The number of hydrogen-bond donors (Lipinski definition) is 3. The van der Waals surface area contributed by atoms with Crippen molar-refractivity contribution in [3.05, 3.63) is 35.0 Å². The van der Waals surface area contributed by atoms with Crippen LogP contribution < -0.4 is 5.32 Å². The van der Waals surface area contributed by atoms with Crippen molar-refractivity contribution in [3.8, 4) is 0 Å². The Morgan fingerprint density at radius 3 is 2.89 bits per heavy atom. The fourth-order valence-corrected chi connectivity index (χ4v) is 2.07. The summed E-state index contributed by atoms with van der Waals surface area (Å²) < 4.78 is 0. The Morgan fingerprint density at radius 1 is 1.39 bits per heavy atom. The zero-order chi connectivity index (χ0) is 13.2. The normalized spacial score (nSPS) is 12.2. The van der Waals surface area contributed by atoms with E-state index in [9.17, 15) is 5.11 Å². The molecule has 2 rings (SSSR count). The van der Waals surface area contributed by atoms with E-state index in [-0.39, 0.29) is 12.0 Å². The van der Waals surface area contributed by atoms with Crippen LogP contribution in [0.2, 0.25) is 5.02 Å². The van der Waals surface area contributed by atoms with E-state index in [0.29, 0.717) is 0 Å². The number of nitrogens with one attached hydrogen (secondary N) is 2. The van der Waals surface area contributed by atoms with Crippen molar-refractivity contribution in [2.45, 2.75) is 20.4 Å². The first kappa shape index (κ1) is 13.4. The molecule has 3 N–H and O–H groups in total. The van der Waals surface area contributed by atoms with Crippen LogP contribution in [0.1, 0.15) is 19.4 Å². The summed E-state index contributed by atoms with van der Waals surface area (Å²) in [6, 6.07) is 5.86. The molecule has 0 aliphatic carbocycles. The molecule has 0 saturated carbocycles.